The van der Waals surface area contributed by atoms with Crippen molar-refractivity contribution in [1.29, 1.82) is 0 Å². The van der Waals surface area contributed by atoms with Crippen LogP contribution in [0, 0.1) is 6.92 Å². The van der Waals surface area contributed by atoms with Gasteiger partial charge >= 0.3 is 11.7 Å². The summed E-state index contributed by atoms with van der Waals surface area (Å²) in [5, 5.41) is 4.65. The Kier molecular flexibility index (Phi) is 7.00. The van der Waals surface area contributed by atoms with Crippen molar-refractivity contribution in [2.45, 2.75) is 24.6 Å². The van der Waals surface area contributed by atoms with E-state index in [0.717, 1.165) is 10.5 Å². The number of hydrogen-bond donors (Lipinski definition) is 0. The van der Waals surface area contributed by atoms with Gasteiger partial charge in [-0.25, -0.2) is 18.8 Å². The number of rotatable bonds is 8. The Hall–Kier alpha value is -2.71. The fourth-order valence-corrected chi connectivity index (χ4v) is 3.69. The van der Waals surface area contributed by atoms with E-state index in [0.29, 0.717) is 28.9 Å². The molecule has 0 saturated heterocycles. The molecular weight excluding hydrogens is 414 g/mol. The van der Waals surface area contributed by atoms with Crippen LogP contribution in [-0.2, 0) is 15.4 Å². The quantitative estimate of drug-likeness (QED) is 0.398. The van der Waals surface area contributed by atoms with E-state index < -0.39 is 5.97 Å². The van der Waals surface area contributed by atoms with Gasteiger partial charge in [-0.3, -0.25) is 0 Å². The molecule has 29 heavy (non-hydrogen) atoms. The lowest BCUT2D eigenvalue weighted by atomic mass is 10.2. The van der Waals surface area contributed by atoms with Gasteiger partial charge < -0.3 is 9.47 Å². The van der Waals surface area contributed by atoms with Crippen molar-refractivity contribution in [1.82, 2.24) is 14.3 Å². The Morgan fingerprint density at radius 1 is 1.24 bits per heavy atom. The van der Waals surface area contributed by atoms with Crippen molar-refractivity contribution in [2.75, 3.05) is 13.2 Å². The van der Waals surface area contributed by atoms with Crippen LogP contribution in [0.15, 0.2) is 58.5 Å². The van der Waals surface area contributed by atoms with Crippen LogP contribution in [0.3, 0.4) is 0 Å². The van der Waals surface area contributed by atoms with E-state index in [1.165, 1.54) is 27.3 Å². The van der Waals surface area contributed by atoms with E-state index in [1.807, 2.05) is 25.1 Å². The van der Waals surface area contributed by atoms with Gasteiger partial charge in [-0.05, 0) is 49.7 Å². The summed E-state index contributed by atoms with van der Waals surface area (Å²) in [4.78, 5) is 25.0. The number of para-hydroxylation sites is 1. The van der Waals surface area contributed by atoms with Crippen LogP contribution in [0.2, 0.25) is 5.02 Å². The maximum atomic E-state index is 12.6. The Balaban J connectivity index is 1.65. The van der Waals surface area contributed by atoms with E-state index in [-0.39, 0.29) is 12.3 Å². The summed E-state index contributed by atoms with van der Waals surface area (Å²) in [6.07, 6.45) is 1.46. The topological polar surface area (TPSA) is 75.3 Å². The molecule has 3 rings (SSSR count). The van der Waals surface area contributed by atoms with Gasteiger partial charge in [0.05, 0.1) is 23.2 Å². The Labute approximate surface area is 177 Å². The van der Waals surface area contributed by atoms with Crippen LogP contribution in [0.5, 0.6) is 5.75 Å². The average molecular weight is 434 g/mol. The monoisotopic (exact) mass is 433 g/mol. The summed E-state index contributed by atoms with van der Waals surface area (Å²) < 4.78 is 13.1. The van der Waals surface area contributed by atoms with E-state index >= 15 is 0 Å². The Morgan fingerprint density at radius 2 is 2.03 bits per heavy atom. The zero-order chi connectivity index (χ0) is 20.8. The first-order valence-electron chi connectivity index (χ1n) is 8.91. The van der Waals surface area contributed by atoms with E-state index in [1.54, 1.807) is 31.2 Å². The number of halogens is 1. The number of thioether (sulfide) groups is 1. The third kappa shape index (κ3) is 5.21. The highest BCUT2D eigenvalue weighted by Gasteiger charge is 2.11. The number of ether oxygens (including phenoxy) is 2. The van der Waals surface area contributed by atoms with E-state index in [4.69, 9.17) is 21.1 Å². The fraction of sp³-hybridized carbons (Fsp3) is 0.250. The second kappa shape index (κ2) is 9.67. The third-order valence-corrected chi connectivity index (χ3v) is 5.28. The highest BCUT2D eigenvalue weighted by atomic mass is 35.5. The highest BCUT2D eigenvalue weighted by Crippen LogP contribution is 2.26. The van der Waals surface area contributed by atoms with Gasteiger partial charge in [0.2, 0.25) is 0 Å². The first kappa shape index (κ1) is 21.0. The van der Waals surface area contributed by atoms with Gasteiger partial charge in [-0.15, -0.1) is 11.8 Å². The lowest BCUT2D eigenvalue weighted by Gasteiger charge is -2.10. The van der Waals surface area contributed by atoms with Crippen molar-refractivity contribution >= 4 is 29.3 Å². The second-order valence-corrected chi connectivity index (χ2v) is 7.45. The summed E-state index contributed by atoms with van der Waals surface area (Å²) >= 11 is 7.63. The van der Waals surface area contributed by atoms with Gasteiger partial charge in [0, 0.05) is 4.90 Å². The summed E-state index contributed by atoms with van der Waals surface area (Å²) in [5.74, 6) is 0.556. The molecule has 7 nitrogen and oxygen atoms in total. The molecular formula is C20H20ClN3O4S. The summed E-state index contributed by atoms with van der Waals surface area (Å²) in [7, 11) is 0. The first-order valence-corrected chi connectivity index (χ1v) is 10.3. The van der Waals surface area contributed by atoms with Crippen LogP contribution in [0.1, 0.15) is 12.5 Å². The standard InChI is InChI=1S/C20H20ClN3O4S/c1-3-27-19(25)11-28-18-9-8-15(10-14(18)2)29-13-24-20(26)23(12-22-24)17-7-5-4-6-16(17)21/h4-10,12H,3,11,13H2,1-2H3. The lowest BCUT2D eigenvalue weighted by Crippen LogP contribution is -2.23. The maximum absolute atomic E-state index is 12.6. The SMILES string of the molecule is CCOC(=O)COc1ccc(SCn2ncn(-c3ccccc3Cl)c2=O)cc1C. The molecule has 0 fully saturated rings. The second-order valence-electron chi connectivity index (χ2n) is 6.03. The number of carbonyl (C=O) groups is 1. The van der Waals surface area contributed by atoms with Crippen LogP contribution in [-0.4, -0.2) is 33.5 Å². The predicted octanol–water partition coefficient (Wildman–Crippen LogP) is 3.69. The normalized spacial score (nSPS) is 10.7. The molecule has 0 aliphatic carbocycles. The zero-order valence-electron chi connectivity index (χ0n) is 16.0. The van der Waals surface area contributed by atoms with Crippen molar-refractivity contribution in [2.24, 2.45) is 0 Å². The molecule has 1 heterocycles. The highest BCUT2D eigenvalue weighted by molar-refractivity contribution is 7.98. The van der Waals surface area contributed by atoms with Gasteiger partial charge in [0.25, 0.3) is 0 Å². The lowest BCUT2D eigenvalue weighted by molar-refractivity contribution is -0.145. The minimum atomic E-state index is -0.404. The summed E-state index contributed by atoms with van der Waals surface area (Å²) in [5.41, 5.74) is 1.21. The third-order valence-electron chi connectivity index (χ3n) is 4.00. The molecule has 152 valence electrons. The van der Waals surface area contributed by atoms with Crippen LogP contribution >= 0.6 is 23.4 Å². The van der Waals surface area contributed by atoms with E-state index in [9.17, 15) is 9.59 Å². The largest absolute Gasteiger partial charge is 0.482 e. The molecule has 1 aromatic heterocycles. The van der Waals surface area contributed by atoms with Crippen molar-refractivity contribution in [3.8, 4) is 11.4 Å². The molecule has 0 aliphatic heterocycles. The zero-order valence-corrected chi connectivity index (χ0v) is 17.6. The van der Waals surface area contributed by atoms with Gasteiger partial charge in [-0.1, -0.05) is 23.7 Å². The van der Waals surface area contributed by atoms with Crippen molar-refractivity contribution < 1.29 is 14.3 Å². The van der Waals surface area contributed by atoms with Gasteiger partial charge in [0.15, 0.2) is 6.61 Å². The van der Waals surface area contributed by atoms with Gasteiger partial charge in [-0.2, -0.15) is 5.10 Å². The fourth-order valence-electron chi connectivity index (χ4n) is 2.59. The smallest absolute Gasteiger partial charge is 0.351 e. The first-order chi connectivity index (χ1) is 14.0. The number of aryl methyl sites for hydroxylation is 1. The molecule has 0 amide bonds. The summed E-state index contributed by atoms with van der Waals surface area (Å²) in [6, 6.07) is 12.7. The molecule has 0 bridgehead atoms. The number of carbonyl (C=O) groups excluding carboxylic acids is 1. The van der Waals surface area contributed by atoms with Crippen molar-refractivity contribution in [3.63, 3.8) is 0 Å². The van der Waals surface area contributed by atoms with Gasteiger partial charge in [0.1, 0.15) is 12.1 Å². The van der Waals surface area contributed by atoms with Crippen LogP contribution in [0.4, 0.5) is 0 Å². The number of esters is 1. The molecule has 2 aromatic carbocycles. The molecule has 0 N–H and O–H groups in total. The minimum Gasteiger partial charge on any atom is -0.482 e. The molecule has 9 heteroatoms. The molecule has 3 aromatic rings. The predicted molar refractivity (Wildman–Crippen MR) is 112 cm³/mol. The Bertz CT molecular complexity index is 1060. The molecule has 0 radical (unpaired) electrons. The Morgan fingerprint density at radius 3 is 2.76 bits per heavy atom. The molecule has 0 unspecified atom stereocenters. The van der Waals surface area contributed by atoms with Crippen LogP contribution < -0.4 is 10.4 Å². The maximum Gasteiger partial charge on any atom is 0.351 e. The number of benzene rings is 2. The minimum absolute atomic E-state index is 0.129. The average Bonchev–Trinajstić information content (AvgIpc) is 3.06. The number of nitrogens with zero attached hydrogens (tertiary/aromatic N) is 3. The molecule has 0 saturated carbocycles. The number of hydrogen-bond acceptors (Lipinski definition) is 6. The molecule has 0 aliphatic rings. The van der Waals surface area contributed by atoms with Crippen LogP contribution in [0.25, 0.3) is 5.69 Å². The number of aromatic nitrogens is 3. The molecule has 0 spiro atoms. The van der Waals surface area contributed by atoms with Crippen molar-refractivity contribution in [3.05, 3.63) is 69.9 Å². The summed E-state index contributed by atoms with van der Waals surface area (Å²) in [6.45, 7) is 3.83. The molecule has 0 atom stereocenters. The van der Waals surface area contributed by atoms with E-state index in [2.05, 4.69) is 5.10 Å².